The van der Waals surface area contributed by atoms with Crippen LogP contribution in [0.2, 0.25) is 0 Å². The van der Waals surface area contributed by atoms with Crippen LogP contribution in [0.3, 0.4) is 0 Å². The molecule has 10 heteroatoms. The third-order valence-corrected chi connectivity index (χ3v) is 5.69. The van der Waals surface area contributed by atoms with E-state index in [0.29, 0.717) is 37.1 Å². The maximum atomic E-state index is 11.5. The molecule has 0 saturated carbocycles. The van der Waals surface area contributed by atoms with Crippen LogP contribution in [-0.2, 0) is 4.79 Å². The molecule has 0 spiro atoms. The molecule has 29 heavy (non-hydrogen) atoms. The van der Waals surface area contributed by atoms with Gasteiger partial charge in [0.05, 0.1) is 25.0 Å². The molecule has 1 fully saturated rings. The van der Waals surface area contributed by atoms with Crippen molar-refractivity contribution in [3.05, 3.63) is 17.0 Å². The number of nitrogens with two attached hydrogens (primary N) is 1. The van der Waals surface area contributed by atoms with Crippen molar-refractivity contribution in [1.29, 1.82) is 5.26 Å². The average Bonchev–Trinajstić information content (AvgIpc) is 2.93. The Balaban J connectivity index is 2.52. The molecule has 0 aliphatic carbocycles. The molecular weight excluding hydrogens is 392 g/mol. The number of carbonyl (C=O) groups is 1. The third kappa shape index (κ3) is 5.51. The molecule has 1 aromatic rings. The number of pyridine rings is 1. The van der Waals surface area contributed by atoms with E-state index in [1.54, 1.807) is 13.8 Å². The fourth-order valence-electron chi connectivity index (χ4n) is 3.09. The lowest BCUT2D eigenvalue weighted by atomic mass is 10.2. The van der Waals surface area contributed by atoms with Crippen molar-refractivity contribution in [2.45, 2.75) is 30.5 Å². The highest BCUT2D eigenvalue weighted by Gasteiger charge is 2.27. The van der Waals surface area contributed by atoms with Gasteiger partial charge in [-0.2, -0.15) is 5.26 Å². The maximum absolute atomic E-state index is 11.5. The number of amides is 1. The molecule has 3 N–H and O–H groups in total. The molecule has 1 aromatic heterocycles. The van der Waals surface area contributed by atoms with Gasteiger partial charge < -0.3 is 20.5 Å². The van der Waals surface area contributed by atoms with Crippen molar-refractivity contribution in [3.63, 3.8) is 0 Å². The van der Waals surface area contributed by atoms with E-state index < -0.39 is 11.2 Å². The summed E-state index contributed by atoms with van der Waals surface area (Å²) in [4.78, 5) is 24.0. The molecule has 156 valence electrons. The molecule has 0 aromatic carbocycles. The average molecular weight is 419 g/mol. The van der Waals surface area contributed by atoms with Crippen LogP contribution in [0.4, 0.5) is 11.5 Å². The van der Waals surface area contributed by atoms with Crippen molar-refractivity contribution >= 4 is 29.2 Å². The summed E-state index contributed by atoms with van der Waals surface area (Å²) < 4.78 is 5.68. The molecule has 2 heterocycles. The Morgan fingerprint density at radius 2 is 2.24 bits per heavy atom. The van der Waals surface area contributed by atoms with Crippen molar-refractivity contribution in [3.8, 4) is 11.8 Å². The first-order chi connectivity index (χ1) is 14.0. The molecular formula is C19H26N6O3S. The Bertz CT molecular complexity index is 820. The number of carbonyl (C=O) groups excluding carboxylic acids is 1. The van der Waals surface area contributed by atoms with Crippen molar-refractivity contribution < 1.29 is 14.6 Å². The Kier molecular flexibility index (Phi) is 8.52. The Morgan fingerprint density at radius 1 is 1.48 bits per heavy atom. The van der Waals surface area contributed by atoms with Gasteiger partial charge in [0.15, 0.2) is 5.75 Å². The van der Waals surface area contributed by atoms with Crippen LogP contribution >= 0.6 is 11.8 Å². The van der Waals surface area contributed by atoms with Gasteiger partial charge in [0.2, 0.25) is 5.91 Å². The number of aliphatic hydroxyl groups is 1. The number of hydrogen-bond donors (Lipinski definition) is 2. The van der Waals surface area contributed by atoms with Gasteiger partial charge in [-0.15, -0.1) is 0 Å². The van der Waals surface area contributed by atoms with Crippen LogP contribution in [0.15, 0.2) is 5.03 Å². The fourth-order valence-corrected chi connectivity index (χ4v) is 3.93. The van der Waals surface area contributed by atoms with Gasteiger partial charge in [-0.3, -0.25) is 9.69 Å². The topological polar surface area (TPSA) is 120 Å². The molecule has 1 amide bonds. The Hall–Kier alpha value is -2.53. The molecule has 9 nitrogen and oxygen atoms in total. The zero-order valence-electron chi connectivity index (χ0n) is 16.7. The number of aliphatic hydroxyl groups excluding tert-OH is 1. The molecule has 1 unspecified atom stereocenters. The van der Waals surface area contributed by atoms with Crippen LogP contribution in [-0.4, -0.2) is 72.1 Å². The standard InChI is InChI=1S/C19H26N6O3S/c1-4-28-16-14(12-20)19(29-13(2)17(21)27)23-18(15(16)22-3)25-7-5-6-24(8-9-25)10-11-26/h13,26H,4-11H2,1-2H3,(H2,21,27). The quantitative estimate of drug-likeness (QED) is 0.480. The van der Waals surface area contributed by atoms with E-state index in [1.807, 2.05) is 4.90 Å². The predicted octanol–water partition coefficient (Wildman–Crippen LogP) is 1.37. The highest BCUT2D eigenvalue weighted by Crippen LogP contribution is 2.44. The van der Waals surface area contributed by atoms with Crippen LogP contribution in [0.25, 0.3) is 4.85 Å². The van der Waals surface area contributed by atoms with Crippen molar-refractivity contribution in [2.75, 3.05) is 50.8 Å². The number of β-amino-alcohol motifs (C(OH)–C–C–N with tert-alkyl or cyclic N) is 1. The number of primary amides is 1. The summed E-state index contributed by atoms with van der Waals surface area (Å²) in [5.41, 5.74) is 5.74. The van der Waals surface area contributed by atoms with Crippen molar-refractivity contribution in [2.24, 2.45) is 5.73 Å². The van der Waals surface area contributed by atoms with Crippen LogP contribution in [0.1, 0.15) is 25.8 Å². The second kappa shape index (κ2) is 10.9. The number of ether oxygens (including phenoxy) is 1. The third-order valence-electron chi connectivity index (χ3n) is 4.58. The molecule has 1 aliphatic rings. The van der Waals surface area contributed by atoms with E-state index in [1.165, 1.54) is 0 Å². The molecule has 1 saturated heterocycles. The highest BCUT2D eigenvalue weighted by molar-refractivity contribution is 8.00. The van der Waals surface area contributed by atoms with Gasteiger partial charge >= 0.3 is 0 Å². The summed E-state index contributed by atoms with van der Waals surface area (Å²) in [5, 5.41) is 18.6. The first-order valence-electron chi connectivity index (χ1n) is 9.49. The number of nitriles is 1. The van der Waals surface area contributed by atoms with E-state index in [-0.39, 0.29) is 23.6 Å². The second-order valence-electron chi connectivity index (χ2n) is 6.52. The van der Waals surface area contributed by atoms with E-state index in [0.717, 1.165) is 31.3 Å². The zero-order valence-corrected chi connectivity index (χ0v) is 17.5. The molecule has 2 rings (SSSR count). The molecule has 0 bridgehead atoms. The maximum Gasteiger partial charge on any atom is 0.270 e. The second-order valence-corrected chi connectivity index (χ2v) is 7.85. The van der Waals surface area contributed by atoms with Gasteiger partial charge in [-0.05, 0) is 26.8 Å². The van der Waals surface area contributed by atoms with Crippen LogP contribution in [0, 0.1) is 17.9 Å². The smallest absolute Gasteiger partial charge is 0.270 e. The number of rotatable bonds is 8. The lowest BCUT2D eigenvalue weighted by molar-refractivity contribution is -0.117. The van der Waals surface area contributed by atoms with Gasteiger partial charge in [0.1, 0.15) is 22.5 Å². The van der Waals surface area contributed by atoms with Gasteiger partial charge in [0.25, 0.3) is 5.69 Å². The number of thioether (sulfide) groups is 1. The summed E-state index contributed by atoms with van der Waals surface area (Å²) in [7, 11) is 0. The van der Waals surface area contributed by atoms with Gasteiger partial charge in [-0.1, -0.05) is 11.8 Å². The van der Waals surface area contributed by atoms with Crippen molar-refractivity contribution in [1.82, 2.24) is 9.88 Å². The Morgan fingerprint density at radius 3 is 2.83 bits per heavy atom. The largest absolute Gasteiger partial charge is 0.503 e. The lowest BCUT2D eigenvalue weighted by Gasteiger charge is -2.26. The SMILES string of the molecule is [C-]#[N+]c1c(N2CCCN(CCO)CC2)nc(SC(C)C(N)=O)c(C#N)c1OCC. The molecule has 0 radical (unpaired) electrons. The zero-order chi connectivity index (χ0) is 21.4. The summed E-state index contributed by atoms with van der Waals surface area (Å²) in [6.45, 7) is 15.0. The summed E-state index contributed by atoms with van der Waals surface area (Å²) in [6, 6.07) is 2.08. The molecule has 1 aliphatic heterocycles. The number of hydrogen-bond acceptors (Lipinski definition) is 8. The first-order valence-corrected chi connectivity index (χ1v) is 10.4. The fraction of sp³-hybridized carbons (Fsp3) is 0.579. The first kappa shape index (κ1) is 22.8. The van der Waals surface area contributed by atoms with Crippen LogP contribution in [0.5, 0.6) is 5.75 Å². The van der Waals surface area contributed by atoms with E-state index in [9.17, 15) is 15.2 Å². The van der Waals surface area contributed by atoms with Gasteiger partial charge in [-0.25, -0.2) is 9.83 Å². The number of anilines is 1. The summed E-state index contributed by atoms with van der Waals surface area (Å²) >= 11 is 1.09. The van der Waals surface area contributed by atoms with Crippen LogP contribution < -0.4 is 15.4 Å². The molecule has 1 atom stereocenters. The lowest BCUT2D eigenvalue weighted by Crippen LogP contribution is -2.33. The minimum absolute atomic E-state index is 0.0999. The predicted molar refractivity (Wildman–Crippen MR) is 111 cm³/mol. The number of aromatic nitrogens is 1. The summed E-state index contributed by atoms with van der Waals surface area (Å²) in [5.74, 6) is 0.141. The minimum Gasteiger partial charge on any atom is -0.503 e. The number of nitrogens with zero attached hydrogens (tertiary/aromatic N) is 5. The minimum atomic E-state index is -0.583. The Labute approximate surface area is 175 Å². The van der Waals surface area contributed by atoms with E-state index in [2.05, 4.69) is 20.8 Å². The summed E-state index contributed by atoms with van der Waals surface area (Å²) in [6.07, 6.45) is 0.850. The van der Waals surface area contributed by atoms with E-state index >= 15 is 0 Å². The highest BCUT2D eigenvalue weighted by atomic mass is 32.2. The monoisotopic (exact) mass is 418 g/mol. The van der Waals surface area contributed by atoms with Gasteiger partial charge in [0, 0.05) is 26.2 Å². The normalized spacial score (nSPS) is 15.8. The van der Waals surface area contributed by atoms with E-state index in [4.69, 9.17) is 17.0 Å².